The Bertz CT molecular complexity index is 5290. The first-order chi connectivity index (χ1) is 66.1. The van der Waals surface area contributed by atoms with Gasteiger partial charge in [0, 0.05) is 179 Å². The number of benzene rings is 2. The number of aliphatic hydroxyl groups is 2. The van der Waals surface area contributed by atoms with Gasteiger partial charge in [0.05, 0.1) is 68.0 Å². The first kappa shape index (κ1) is 102. The van der Waals surface area contributed by atoms with Gasteiger partial charge in [0.25, 0.3) is 17.8 Å². The zero-order valence-electron chi connectivity index (χ0n) is 79.6. The van der Waals surface area contributed by atoms with Crippen molar-refractivity contribution in [2.75, 3.05) is 146 Å². The number of nitrogens with one attached hydrogen (secondary N) is 4. The molecular weight excluding hydrogens is 1760 g/mol. The van der Waals surface area contributed by atoms with Crippen molar-refractivity contribution >= 4 is 99.4 Å². The number of aliphatic hydroxyl groups excluding tert-OH is 2. The van der Waals surface area contributed by atoms with Crippen LogP contribution in [0.5, 0.6) is 0 Å². The maximum atomic E-state index is 14.5. The van der Waals surface area contributed by atoms with Gasteiger partial charge in [0.1, 0.15) is 65.8 Å². The second kappa shape index (κ2) is 49.9. The van der Waals surface area contributed by atoms with E-state index in [9.17, 15) is 53.4 Å². The zero-order valence-corrected chi connectivity index (χ0v) is 79.6. The topological polar surface area (TPSA) is 493 Å². The summed E-state index contributed by atoms with van der Waals surface area (Å²) in [5.41, 5.74) is 19.6. The number of allylic oxidation sites excluding steroid dienone is 6. The number of methoxy groups -OCH3 is 2. The Kier molecular flexibility index (Phi) is 37.3. The van der Waals surface area contributed by atoms with E-state index >= 15 is 0 Å². The number of esters is 1. The largest absolute Gasteiger partial charge is 0.460 e. The average Bonchev–Trinajstić information content (AvgIpc) is 1.72. The lowest BCUT2D eigenvalue weighted by Crippen LogP contribution is -2.54. The summed E-state index contributed by atoms with van der Waals surface area (Å²) in [5, 5.41) is 40.4. The minimum atomic E-state index is -1.75. The van der Waals surface area contributed by atoms with E-state index in [4.69, 9.17) is 54.5 Å². The lowest BCUT2D eigenvalue weighted by atomic mass is 9.81. The van der Waals surface area contributed by atoms with E-state index in [2.05, 4.69) is 66.7 Å². The molecule has 7 aliphatic rings. The predicted octanol–water partition coefficient (Wildman–Crippen LogP) is 7.95. The second-order valence-corrected chi connectivity index (χ2v) is 36.8. The number of ketones is 3. The number of carbonyl (C=O) groups excluding carboxylic acids is 9. The molecule has 4 aromatic heterocycles. The van der Waals surface area contributed by atoms with E-state index in [-0.39, 0.29) is 136 Å². The molecule has 5 amide bonds. The third-order valence-electron chi connectivity index (χ3n) is 27.0. The van der Waals surface area contributed by atoms with Gasteiger partial charge in [-0.1, -0.05) is 75.4 Å². The van der Waals surface area contributed by atoms with Crippen LogP contribution in [0.2, 0.25) is 0 Å². The molecule has 1 saturated carbocycles. The third-order valence-corrected chi connectivity index (χ3v) is 27.0. The van der Waals surface area contributed by atoms with E-state index in [1.807, 2.05) is 71.1 Å². The van der Waals surface area contributed by atoms with Crippen LogP contribution in [0, 0.1) is 29.1 Å². The molecule has 6 aliphatic heterocycles. The number of oxazole rings is 1. The average molecular weight is 1890 g/mol. The molecule has 38 nitrogen and oxygen atoms in total. The Labute approximate surface area is 798 Å². The Morgan fingerprint density at radius 3 is 2.17 bits per heavy atom. The number of alkyl carbamates (subject to hydrolysis) is 1. The van der Waals surface area contributed by atoms with Crippen molar-refractivity contribution in [2.24, 2.45) is 23.7 Å². The standard InChI is InChI=1S/C99H133N19O19/c1-61-14-9-8-10-15-62(2)81(130-6)52-73-16-13-18-80(134-73)89(124)94(127)118-31-12-11-17-76(118)95(128)135-74(51-77(119)63(3)47-65(5)88(123)90(125)87(122)64(4)46-61)24-20-66-21-25-79(82(49-66)131-7)137-99(129)103-30-44-132-42-28-83(120)104-54-68-55-106-97(107-56-68)116-39-37-114(38-40-116)84(121)29-43-133-45-41-113-33-35-115(36-34-113)98-108-57-72(58-109-98)93(126)117-32-27-69-48-67(19-22-71(69)59-117)53-105-92-85(91(101)110-60-111-92)86(100)70-23-26-78-75(50-70)112-96(102)136-78/h8-10,14-15,19,22-23,26,47-48,50,55-58,60-61,63-64,66,73-74,76,79-82,88,90,100,123,125H,11-13,16-18,20-21,24-25,27-46,49,51-54,59H2,1-7H3,(H2,102,112)(H,103,129)(H,104,120)(H3,101,105,110,111)/b10-8+,14-9+,62-15+,65-47+,100-86?/t61-,63-,64-,66-,73?,74-,76+,79-,80?,81+,82-,88-,90+/m1/s1. The van der Waals surface area contributed by atoms with Crippen molar-refractivity contribution in [3.05, 3.63) is 154 Å². The van der Waals surface area contributed by atoms with Crippen molar-refractivity contribution in [3.63, 3.8) is 0 Å². The molecule has 38 heteroatoms. The van der Waals surface area contributed by atoms with E-state index < -0.39 is 84.0 Å². The molecule has 137 heavy (non-hydrogen) atoms. The number of rotatable bonds is 28. The number of fused-ring (bicyclic) bond motifs is 5. The molecule has 13 atom stereocenters. The molecule has 5 fully saturated rings. The second-order valence-electron chi connectivity index (χ2n) is 36.8. The van der Waals surface area contributed by atoms with Crippen LogP contribution in [-0.2, 0) is 92.8 Å². The van der Waals surface area contributed by atoms with Crippen molar-refractivity contribution in [2.45, 2.75) is 218 Å². The van der Waals surface area contributed by atoms with Crippen LogP contribution in [0.1, 0.15) is 181 Å². The summed E-state index contributed by atoms with van der Waals surface area (Å²) < 4.78 is 47.3. The molecule has 6 aromatic rings. The van der Waals surface area contributed by atoms with Gasteiger partial charge in [-0.05, 0) is 155 Å². The number of hydrogen-bond acceptors (Lipinski definition) is 33. The van der Waals surface area contributed by atoms with Crippen molar-refractivity contribution in [1.29, 1.82) is 5.41 Å². The van der Waals surface area contributed by atoms with Crippen LogP contribution in [0.3, 0.4) is 0 Å². The number of nitrogens with two attached hydrogens (primary N) is 2. The normalized spacial score (nSPS) is 25.8. The summed E-state index contributed by atoms with van der Waals surface area (Å²) in [6.45, 7) is 17.4. The molecule has 738 valence electrons. The molecule has 2 bridgehead atoms. The number of hydrogen-bond donors (Lipinski definition) is 8. The Balaban J connectivity index is 0.473. The summed E-state index contributed by atoms with van der Waals surface area (Å²) in [5.74, 6) is -3.37. The number of nitrogen functional groups attached to an aromatic ring is 2. The number of nitrogens with zero attached hydrogens (tertiary/aromatic N) is 13. The zero-order chi connectivity index (χ0) is 97.2. The molecular formula is C99H133N19O19. The molecule has 2 aromatic carbocycles. The number of ether oxygens (including phenoxy) is 7. The van der Waals surface area contributed by atoms with Gasteiger partial charge in [-0.25, -0.2) is 39.5 Å². The molecule has 4 saturated heterocycles. The Morgan fingerprint density at radius 2 is 1.41 bits per heavy atom. The highest BCUT2D eigenvalue weighted by atomic mass is 16.6. The van der Waals surface area contributed by atoms with Gasteiger partial charge < -0.3 is 99.7 Å². The number of piperidine rings is 1. The smallest absolute Gasteiger partial charge is 0.407 e. The molecule has 0 spiro atoms. The molecule has 10 heterocycles. The molecule has 10 N–H and O–H groups in total. The Morgan fingerprint density at radius 1 is 0.664 bits per heavy atom. The fourth-order valence-corrected chi connectivity index (χ4v) is 18.8. The lowest BCUT2D eigenvalue weighted by molar-refractivity contribution is -0.167. The first-order valence-electron chi connectivity index (χ1n) is 48.0. The van der Waals surface area contributed by atoms with Crippen molar-refractivity contribution in [3.8, 4) is 0 Å². The summed E-state index contributed by atoms with van der Waals surface area (Å²) in [4.78, 5) is 166. The minimum absolute atomic E-state index is 0.0120. The van der Waals surface area contributed by atoms with Gasteiger partial charge in [-0.3, -0.25) is 43.9 Å². The summed E-state index contributed by atoms with van der Waals surface area (Å²) in [6, 6.07) is 10.3. The van der Waals surface area contributed by atoms with Crippen LogP contribution in [0.15, 0.2) is 120 Å². The van der Waals surface area contributed by atoms with Gasteiger partial charge >= 0.3 is 12.1 Å². The fraction of sp³-hybridized carbons (Fsp3) is 0.566. The SMILES string of the molecule is CO[C@H]1CC2CCCC(O2)C(=O)C(=O)N2CCCC[C@H]2C(=O)O[C@H](CC[C@@H]2CC[C@@H](OC(=O)NCCOCCC(=O)NCc3cnc(N4CCN(C(=O)CCOCCN5CCN(c6ncc(C(=O)N7CCc8cc(CNc9ncnc(N)c9C(=N)c9ccc%10oc(N)nc%10c9)ccc8C7)cn6)CC5)CC4)nc3)[C@H](OC)C2)CC(=O)[C@H](C)/C=C(\C)[C@@H](O)[C@@H](O)C(=O)[C@H](C)C[C@H](C)/C=C/C=C/C=C/1C. The van der Waals surface area contributed by atoms with Crippen LogP contribution in [0.25, 0.3) is 11.1 Å². The maximum absolute atomic E-state index is 14.5. The summed E-state index contributed by atoms with van der Waals surface area (Å²) in [7, 11) is 3.15. The highest BCUT2D eigenvalue weighted by Gasteiger charge is 2.43. The number of anilines is 5. The van der Waals surface area contributed by atoms with Crippen LogP contribution >= 0.6 is 0 Å². The monoisotopic (exact) mass is 1890 g/mol. The lowest BCUT2D eigenvalue weighted by Gasteiger charge is -2.37. The minimum Gasteiger partial charge on any atom is -0.460 e. The summed E-state index contributed by atoms with van der Waals surface area (Å²) in [6.07, 6.45) is 18.0. The maximum Gasteiger partial charge on any atom is 0.407 e. The van der Waals surface area contributed by atoms with Gasteiger partial charge in [0.2, 0.25) is 29.5 Å². The number of Topliss-reactive ketones (excluding diaryl/α,β-unsaturated/α-hetero) is 3. The predicted molar refractivity (Wildman–Crippen MR) is 510 cm³/mol. The van der Waals surface area contributed by atoms with Gasteiger partial charge in [0.15, 0.2) is 11.4 Å². The first-order valence-corrected chi connectivity index (χ1v) is 48.0. The fourth-order valence-electron chi connectivity index (χ4n) is 18.8. The van der Waals surface area contributed by atoms with E-state index in [0.29, 0.717) is 207 Å². The van der Waals surface area contributed by atoms with E-state index in [1.54, 1.807) is 70.9 Å². The number of carbonyl (C=O) groups is 9. The van der Waals surface area contributed by atoms with Gasteiger partial charge in [-0.15, -0.1) is 0 Å². The Hall–Kier alpha value is -11.9. The number of aromatic nitrogens is 7. The van der Waals surface area contributed by atoms with Crippen LogP contribution < -0.4 is 37.2 Å². The number of piperazine rings is 2. The number of cyclic esters (lactones) is 1. The summed E-state index contributed by atoms with van der Waals surface area (Å²) >= 11 is 0. The third kappa shape index (κ3) is 28.4. The molecule has 13 rings (SSSR count). The quantitative estimate of drug-likeness (QED) is 0.00759. The van der Waals surface area contributed by atoms with Crippen molar-refractivity contribution < 1.29 is 90.9 Å². The number of amides is 5. The van der Waals surface area contributed by atoms with Crippen molar-refractivity contribution in [1.82, 2.24) is 65.1 Å². The molecule has 1 aliphatic carbocycles. The van der Waals surface area contributed by atoms with Gasteiger partial charge in [-0.2, -0.15) is 4.98 Å². The highest BCUT2D eigenvalue weighted by molar-refractivity contribution is 6.38. The van der Waals surface area contributed by atoms with Crippen LogP contribution in [0.4, 0.5) is 34.3 Å². The molecule has 2 unspecified atom stereocenters. The highest BCUT2D eigenvalue weighted by Crippen LogP contribution is 2.36. The molecule has 0 radical (unpaired) electrons. The van der Waals surface area contributed by atoms with E-state index in [0.717, 1.165) is 35.4 Å². The van der Waals surface area contributed by atoms with Crippen LogP contribution in [-0.4, -0.2) is 298 Å². The van der Waals surface area contributed by atoms with E-state index in [1.165, 1.54) is 24.4 Å².